The Morgan fingerprint density at radius 2 is 1.88 bits per heavy atom. The number of carbonyl (C=O) groups is 2. The van der Waals surface area contributed by atoms with Gasteiger partial charge >= 0.3 is 5.97 Å². The van der Waals surface area contributed by atoms with E-state index in [0.29, 0.717) is 40.4 Å². The van der Waals surface area contributed by atoms with Crippen molar-refractivity contribution >= 4 is 34.6 Å². The third-order valence-corrected chi connectivity index (χ3v) is 5.40. The van der Waals surface area contributed by atoms with Crippen LogP contribution in [0.5, 0.6) is 17.2 Å². The Bertz CT molecular complexity index is 1180. The fourth-order valence-corrected chi connectivity index (χ4v) is 3.57. The molecular weight excluding hydrogens is 446 g/mol. The van der Waals surface area contributed by atoms with Crippen molar-refractivity contribution in [3.63, 3.8) is 0 Å². The van der Waals surface area contributed by atoms with E-state index in [0.717, 1.165) is 0 Å². The number of rotatable bonds is 10. The van der Waals surface area contributed by atoms with Crippen molar-refractivity contribution in [2.24, 2.45) is 0 Å². The number of carbonyl (C=O) groups excluding carboxylic acids is 2. The average molecular weight is 472 g/mol. The van der Waals surface area contributed by atoms with Gasteiger partial charge in [-0.1, -0.05) is 18.2 Å². The molecule has 0 saturated heterocycles. The highest BCUT2D eigenvalue weighted by Crippen LogP contribution is 2.27. The summed E-state index contributed by atoms with van der Waals surface area (Å²) in [4.78, 5) is 37.0. The van der Waals surface area contributed by atoms with Gasteiger partial charge < -0.3 is 23.9 Å². The number of hydrogen-bond donors (Lipinski definition) is 1. The van der Waals surface area contributed by atoms with Crippen LogP contribution in [0.1, 0.15) is 12.2 Å². The quantitative estimate of drug-likeness (QED) is 0.447. The second-order valence-corrected chi connectivity index (χ2v) is 8.09. The summed E-state index contributed by atoms with van der Waals surface area (Å²) in [6.07, 6.45) is 2.36. The summed E-state index contributed by atoms with van der Waals surface area (Å²) < 4.78 is 21.8. The number of methoxy groups -OCH3 is 1. The Labute approximate surface area is 195 Å². The molecule has 9 heteroatoms. The number of para-hydroxylation sites is 1. The normalized spacial score (nSPS) is 11.6. The average Bonchev–Trinajstić information content (AvgIpc) is 2.83. The molecule has 1 unspecified atom stereocenters. The Hall–Kier alpha value is -3.46. The first-order valence-electron chi connectivity index (χ1n) is 10.2. The highest BCUT2D eigenvalue weighted by atomic mass is 32.2. The second-order valence-electron chi connectivity index (χ2n) is 7.10. The molecule has 1 N–H and O–H groups in total. The monoisotopic (exact) mass is 471 g/mol. The summed E-state index contributed by atoms with van der Waals surface area (Å²) in [5.74, 6) is 1.03. The molecule has 0 fully saturated rings. The first-order chi connectivity index (χ1) is 15.9. The number of amides is 1. The molecule has 0 radical (unpaired) electrons. The van der Waals surface area contributed by atoms with Crippen molar-refractivity contribution in [1.29, 1.82) is 0 Å². The van der Waals surface area contributed by atoms with E-state index >= 15 is 0 Å². The number of esters is 1. The van der Waals surface area contributed by atoms with Gasteiger partial charge in [0.05, 0.1) is 12.5 Å². The lowest BCUT2D eigenvalue weighted by atomic mass is 10.2. The van der Waals surface area contributed by atoms with Crippen LogP contribution in [0.3, 0.4) is 0 Å². The lowest BCUT2D eigenvalue weighted by molar-refractivity contribution is -0.145. The summed E-state index contributed by atoms with van der Waals surface area (Å²) in [6, 6.07) is 12.9. The smallest absolute Gasteiger partial charge is 0.328 e. The van der Waals surface area contributed by atoms with E-state index in [1.165, 1.54) is 13.2 Å². The van der Waals surface area contributed by atoms with Crippen LogP contribution >= 0.6 is 11.8 Å². The molecule has 0 bridgehead atoms. The van der Waals surface area contributed by atoms with Crippen LogP contribution in [0, 0.1) is 6.92 Å². The summed E-state index contributed by atoms with van der Waals surface area (Å²) in [5, 5.41) is 2.94. The molecule has 174 valence electrons. The van der Waals surface area contributed by atoms with Crippen molar-refractivity contribution in [3.8, 4) is 17.2 Å². The minimum absolute atomic E-state index is 0.112. The van der Waals surface area contributed by atoms with E-state index in [-0.39, 0.29) is 17.8 Å². The topological polar surface area (TPSA) is 104 Å². The zero-order chi connectivity index (χ0) is 23.8. The van der Waals surface area contributed by atoms with Crippen molar-refractivity contribution in [2.75, 3.05) is 25.7 Å². The first-order valence-corrected chi connectivity index (χ1v) is 11.6. The molecule has 0 saturated carbocycles. The van der Waals surface area contributed by atoms with Crippen LogP contribution in [0.25, 0.3) is 11.0 Å². The van der Waals surface area contributed by atoms with Crippen LogP contribution in [0.4, 0.5) is 0 Å². The molecule has 1 aromatic heterocycles. The molecule has 8 nitrogen and oxygen atoms in total. The van der Waals surface area contributed by atoms with Crippen molar-refractivity contribution in [1.82, 2.24) is 5.32 Å². The largest absolute Gasteiger partial charge is 0.484 e. The summed E-state index contributed by atoms with van der Waals surface area (Å²) in [6.45, 7) is 1.33. The number of fused-ring (bicyclic) bond motifs is 1. The Morgan fingerprint density at radius 3 is 2.58 bits per heavy atom. The minimum atomic E-state index is -0.737. The number of ether oxygens (including phenoxy) is 3. The zero-order valence-corrected chi connectivity index (χ0v) is 19.4. The predicted molar refractivity (Wildman–Crippen MR) is 126 cm³/mol. The maximum atomic E-state index is 12.9. The molecule has 33 heavy (non-hydrogen) atoms. The Balaban J connectivity index is 1.71. The van der Waals surface area contributed by atoms with E-state index in [9.17, 15) is 14.4 Å². The van der Waals surface area contributed by atoms with Gasteiger partial charge in [-0.25, -0.2) is 4.79 Å². The van der Waals surface area contributed by atoms with Gasteiger partial charge in [-0.15, -0.1) is 0 Å². The molecule has 1 amide bonds. The van der Waals surface area contributed by atoms with Crippen LogP contribution in [0.15, 0.2) is 57.7 Å². The van der Waals surface area contributed by atoms with Gasteiger partial charge in [0, 0.05) is 6.07 Å². The van der Waals surface area contributed by atoms with Gasteiger partial charge in [0.25, 0.3) is 5.91 Å². The highest BCUT2D eigenvalue weighted by Gasteiger charge is 2.21. The first kappa shape index (κ1) is 24.2. The molecule has 1 heterocycles. The zero-order valence-electron chi connectivity index (χ0n) is 18.6. The van der Waals surface area contributed by atoms with Gasteiger partial charge in [0.1, 0.15) is 28.9 Å². The van der Waals surface area contributed by atoms with Gasteiger partial charge in [-0.3, -0.25) is 9.59 Å². The lowest BCUT2D eigenvalue weighted by Crippen LogP contribution is -2.43. The van der Waals surface area contributed by atoms with Crippen LogP contribution in [-0.2, 0) is 14.3 Å². The number of benzene rings is 2. The SMILES string of the molecule is COC(=O)C(CCSC)NC(=O)COc1ccc2c(=O)c(Oc3ccccc3)c(C)oc2c1. The third kappa shape index (κ3) is 6.29. The number of thioether (sulfide) groups is 1. The summed E-state index contributed by atoms with van der Waals surface area (Å²) >= 11 is 1.56. The fourth-order valence-electron chi connectivity index (χ4n) is 3.09. The molecule has 0 aliphatic heterocycles. The molecule has 3 rings (SSSR count). The maximum Gasteiger partial charge on any atom is 0.328 e. The maximum absolute atomic E-state index is 12.9. The predicted octanol–water partition coefficient (Wildman–Crippen LogP) is 3.68. The summed E-state index contributed by atoms with van der Waals surface area (Å²) in [7, 11) is 1.28. The molecule has 0 spiro atoms. The molecular formula is C24H25NO7S. The summed E-state index contributed by atoms with van der Waals surface area (Å²) in [5.41, 5.74) is -0.000150. The van der Waals surface area contributed by atoms with E-state index < -0.39 is 17.9 Å². The third-order valence-electron chi connectivity index (χ3n) is 4.75. The van der Waals surface area contributed by atoms with Crippen molar-refractivity contribution in [3.05, 3.63) is 64.5 Å². The second kappa shape index (κ2) is 11.4. The van der Waals surface area contributed by atoms with Gasteiger partial charge in [0.15, 0.2) is 6.61 Å². The molecule has 1 atom stereocenters. The Morgan fingerprint density at radius 1 is 1.12 bits per heavy atom. The van der Waals surface area contributed by atoms with Crippen molar-refractivity contribution in [2.45, 2.75) is 19.4 Å². The highest BCUT2D eigenvalue weighted by molar-refractivity contribution is 7.98. The van der Waals surface area contributed by atoms with E-state index in [1.54, 1.807) is 43.0 Å². The number of hydrogen-bond acceptors (Lipinski definition) is 8. The van der Waals surface area contributed by atoms with Gasteiger partial charge in [0.2, 0.25) is 11.2 Å². The minimum Gasteiger partial charge on any atom is -0.484 e. The van der Waals surface area contributed by atoms with Gasteiger partial charge in [-0.05, 0) is 49.6 Å². The van der Waals surface area contributed by atoms with E-state index in [4.69, 9.17) is 18.6 Å². The number of aryl methyl sites for hydroxylation is 1. The van der Waals surface area contributed by atoms with Crippen LogP contribution in [-0.4, -0.2) is 43.6 Å². The van der Waals surface area contributed by atoms with Gasteiger partial charge in [-0.2, -0.15) is 11.8 Å². The molecule has 3 aromatic rings. The van der Waals surface area contributed by atoms with Crippen LogP contribution < -0.4 is 20.2 Å². The van der Waals surface area contributed by atoms with E-state index in [1.807, 2.05) is 24.5 Å². The fraction of sp³-hybridized carbons (Fsp3) is 0.292. The lowest BCUT2D eigenvalue weighted by Gasteiger charge is -2.16. The standard InChI is InChI=1S/C24H25NO7S/c1-15-23(32-16-7-5-4-6-8-16)22(27)18-10-9-17(13-20(18)31-15)30-14-21(26)25-19(11-12-33-3)24(28)29-2/h4-10,13,19H,11-12,14H2,1-3H3,(H,25,26). The van der Waals surface area contributed by atoms with Crippen LogP contribution in [0.2, 0.25) is 0 Å². The molecule has 0 aliphatic carbocycles. The Kier molecular flexibility index (Phi) is 8.37. The molecule has 0 aliphatic rings. The number of nitrogens with one attached hydrogen (secondary N) is 1. The van der Waals surface area contributed by atoms with Crippen molar-refractivity contribution < 1.29 is 28.2 Å². The molecule has 2 aromatic carbocycles. The van der Waals surface area contributed by atoms with E-state index in [2.05, 4.69) is 5.32 Å².